The average Bonchev–Trinajstić information content (AvgIpc) is 2.66. The third-order valence-electron chi connectivity index (χ3n) is 3.93. The Morgan fingerprint density at radius 3 is 2.43 bits per heavy atom. The summed E-state index contributed by atoms with van der Waals surface area (Å²) in [7, 11) is 0. The Morgan fingerprint density at radius 1 is 1.17 bits per heavy atom. The molecule has 1 fully saturated rings. The molecule has 1 saturated heterocycles. The predicted molar refractivity (Wildman–Crippen MR) is 140 cm³/mol. The number of thiocarbonyl (C=S) groups is 1. The van der Waals surface area contributed by atoms with Crippen LogP contribution in [0.5, 0.6) is 5.75 Å². The van der Waals surface area contributed by atoms with Gasteiger partial charge in [0.05, 0.1) is 17.9 Å². The summed E-state index contributed by atoms with van der Waals surface area (Å²) in [5.74, 6) is -0.443. The summed E-state index contributed by atoms with van der Waals surface area (Å²) < 4.78 is 7.34. The lowest BCUT2D eigenvalue weighted by Gasteiger charge is -2.29. The number of nitrogens with one attached hydrogen (secondary N) is 1. The van der Waals surface area contributed by atoms with Gasteiger partial charge in [-0.1, -0.05) is 35.9 Å². The fourth-order valence-corrected chi connectivity index (χ4v) is 5.54. The van der Waals surface area contributed by atoms with Crippen molar-refractivity contribution < 1.29 is 14.3 Å². The largest absolute Gasteiger partial charge is 0.487 e. The van der Waals surface area contributed by atoms with Crippen LogP contribution in [0.15, 0.2) is 48.6 Å². The molecule has 1 heterocycles. The van der Waals surface area contributed by atoms with Crippen LogP contribution < -0.4 is 15.0 Å². The molecular weight excluding hydrogens is 673 g/mol. The number of amides is 2. The van der Waals surface area contributed by atoms with E-state index in [1.807, 2.05) is 12.1 Å². The third kappa shape index (κ3) is 4.98. The van der Waals surface area contributed by atoms with E-state index in [9.17, 15) is 9.59 Å². The molecule has 1 aliphatic heterocycles. The van der Waals surface area contributed by atoms with E-state index in [1.54, 1.807) is 18.2 Å². The first-order valence-corrected chi connectivity index (χ1v) is 11.6. The fraction of sp³-hybridized carbons (Fsp3) is 0.0500. The number of anilines is 1. The van der Waals surface area contributed by atoms with Gasteiger partial charge in [0.25, 0.3) is 11.8 Å². The normalized spacial score (nSPS) is 15.4. The maximum atomic E-state index is 13.1. The van der Waals surface area contributed by atoms with Gasteiger partial charge in [-0.15, -0.1) is 0 Å². The van der Waals surface area contributed by atoms with Crippen LogP contribution in [0.1, 0.15) is 5.56 Å². The van der Waals surface area contributed by atoms with E-state index < -0.39 is 11.8 Å². The number of rotatable bonds is 5. The van der Waals surface area contributed by atoms with Crippen molar-refractivity contribution in [2.45, 2.75) is 0 Å². The Morgan fingerprint density at radius 2 is 1.83 bits per heavy atom. The molecule has 1 N–H and O–H groups in total. The van der Waals surface area contributed by atoms with E-state index in [0.29, 0.717) is 28.6 Å². The standard InChI is InChI=1S/C20H12Cl2I2N2O3S/c1-2-5-29-17-14(23)7-10(8-15(17)24)6-12-18(27)25-20(30)26(19(12)28)16-4-3-11(21)9-13(16)22/h2-4,6-9H,1,5H2,(H,25,27,30)/b12-6+. The molecule has 0 bridgehead atoms. The third-order valence-corrected chi connectivity index (χ3v) is 6.35. The summed E-state index contributed by atoms with van der Waals surface area (Å²) in [6.45, 7) is 4.02. The minimum atomic E-state index is -0.580. The summed E-state index contributed by atoms with van der Waals surface area (Å²) in [5, 5.41) is 3.14. The van der Waals surface area contributed by atoms with Gasteiger partial charge in [-0.25, -0.2) is 0 Å². The molecule has 154 valence electrons. The second-order valence-electron chi connectivity index (χ2n) is 5.97. The van der Waals surface area contributed by atoms with E-state index >= 15 is 0 Å². The van der Waals surface area contributed by atoms with Crippen LogP contribution in [0.3, 0.4) is 0 Å². The Hall–Kier alpha value is -1.21. The lowest BCUT2D eigenvalue weighted by molar-refractivity contribution is -0.122. The number of carbonyl (C=O) groups is 2. The zero-order valence-electron chi connectivity index (χ0n) is 15.0. The molecule has 0 atom stereocenters. The molecule has 30 heavy (non-hydrogen) atoms. The van der Waals surface area contributed by atoms with Crippen LogP contribution in [0.2, 0.25) is 10.0 Å². The zero-order chi connectivity index (χ0) is 22.0. The van der Waals surface area contributed by atoms with Crippen LogP contribution in [0.25, 0.3) is 6.08 Å². The highest BCUT2D eigenvalue weighted by molar-refractivity contribution is 14.1. The molecule has 1 aliphatic rings. The zero-order valence-corrected chi connectivity index (χ0v) is 21.7. The van der Waals surface area contributed by atoms with E-state index in [1.165, 1.54) is 17.0 Å². The molecule has 0 saturated carbocycles. The minimum absolute atomic E-state index is 0.0521. The molecule has 0 aromatic heterocycles. The maximum Gasteiger partial charge on any atom is 0.270 e. The van der Waals surface area contributed by atoms with E-state index in [0.717, 1.165) is 7.14 Å². The first kappa shape index (κ1) is 23.5. The van der Waals surface area contributed by atoms with Crippen LogP contribution in [0, 0.1) is 7.14 Å². The molecule has 0 unspecified atom stereocenters. The quantitative estimate of drug-likeness (QED) is 0.147. The van der Waals surface area contributed by atoms with Crippen molar-refractivity contribution in [3.05, 3.63) is 71.3 Å². The molecule has 5 nitrogen and oxygen atoms in total. The molecule has 3 rings (SSSR count). The average molecular weight is 685 g/mol. The molecule has 0 aliphatic carbocycles. The number of benzene rings is 2. The smallest absolute Gasteiger partial charge is 0.270 e. The van der Waals surface area contributed by atoms with Crippen molar-refractivity contribution >= 4 is 109 Å². The second-order valence-corrected chi connectivity index (χ2v) is 9.52. The second kappa shape index (κ2) is 9.94. The topological polar surface area (TPSA) is 58.6 Å². The van der Waals surface area contributed by atoms with Crippen LogP contribution >= 0.6 is 80.6 Å². The molecule has 0 radical (unpaired) electrons. The van der Waals surface area contributed by atoms with Gasteiger partial charge in [-0.3, -0.25) is 19.8 Å². The summed E-state index contributed by atoms with van der Waals surface area (Å²) in [6.07, 6.45) is 3.17. The van der Waals surface area contributed by atoms with Crippen molar-refractivity contribution in [1.82, 2.24) is 5.32 Å². The van der Waals surface area contributed by atoms with Crippen LogP contribution in [-0.2, 0) is 9.59 Å². The predicted octanol–water partition coefficient (Wildman–Crippen LogP) is 5.60. The fourth-order valence-electron chi connectivity index (χ4n) is 2.65. The highest BCUT2D eigenvalue weighted by Crippen LogP contribution is 2.33. The van der Waals surface area contributed by atoms with Crippen molar-refractivity contribution in [3.63, 3.8) is 0 Å². The number of halogens is 4. The van der Waals surface area contributed by atoms with E-state index in [-0.39, 0.29) is 15.7 Å². The molecule has 2 amide bonds. The Bertz CT molecular complexity index is 1100. The van der Waals surface area contributed by atoms with Crippen LogP contribution in [-0.4, -0.2) is 23.5 Å². The van der Waals surface area contributed by atoms with Crippen molar-refractivity contribution in [2.24, 2.45) is 0 Å². The number of hydrogen-bond acceptors (Lipinski definition) is 4. The first-order valence-electron chi connectivity index (χ1n) is 8.32. The summed E-state index contributed by atoms with van der Waals surface area (Å²) in [4.78, 5) is 26.8. The molecule has 10 heteroatoms. The molecule has 2 aromatic rings. The Labute approximate surface area is 215 Å². The van der Waals surface area contributed by atoms with E-state index in [4.69, 9.17) is 40.2 Å². The van der Waals surface area contributed by atoms with E-state index in [2.05, 4.69) is 57.1 Å². The van der Waals surface area contributed by atoms with Crippen molar-refractivity contribution in [1.29, 1.82) is 0 Å². The number of nitrogens with zero attached hydrogens (tertiary/aromatic N) is 1. The lowest BCUT2D eigenvalue weighted by atomic mass is 10.1. The van der Waals surface area contributed by atoms with Crippen molar-refractivity contribution in [3.8, 4) is 5.75 Å². The highest BCUT2D eigenvalue weighted by Gasteiger charge is 2.35. The van der Waals surface area contributed by atoms with Gasteiger partial charge in [0, 0.05) is 5.02 Å². The van der Waals surface area contributed by atoms with Gasteiger partial charge < -0.3 is 4.74 Å². The van der Waals surface area contributed by atoms with Gasteiger partial charge in [0.1, 0.15) is 17.9 Å². The molecule has 2 aromatic carbocycles. The number of hydrogen-bond donors (Lipinski definition) is 1. The van der Waals surface area contributed by atoms with Crippen LogP contribution in [0.4, 0.5) is 5.69 Å². The maximum absolute atomic E-state index is 13.1. The number of carbonyl (C=O) groups excluding carboxylic acids is 2. The lowest BCUT2D eigenvalue weighted by Crippen LogP contribution is -2.54. The summed E-state index contributed by atoms with van der Waals surface area (Å²) in [6, 6.07) is 8.30. The van der Waals surface area contributed by atoms with Gasteiger partial charge >= 0.3 is 0 Å². The molecule has 0 spiro atoms. The summed E-state index contributed by atoms with van der Waals surface area (Å²) in [5.41, 5.74) is 0.934. The minimum Gasteiger partial charge on any atom is -0.487 e. The first-order chi connectivity index (χ1) is 14.2. The summed E-state index contributed by atoms with van der Waals surface area (Å²) >= 11 is 21.7. The van der Waals surface area contributed by atoms with Gasteiger partial charge in [0.2, 0.25) is 0 Å². The molecular formula is C20H12Cl2I2N2O3S. The van der Waals surface area contributed by atoms with Gasteiger partial charge in [-0.05, 0) is 99.4 Å². The highest BCUT2D eigenvalue weighted by atomic mass is 127. The Balaban J connectivity index is 2.01. The number of ether oxygens (including phenoxy) is 1. The SMILES string of the molecule is C=CCOc1c(I)cc(/C=C2\C(=O)NC(=S)N(c3ccc(Cl)cc3Cl)C2=O)cc1I. The monoisotopic (exact) mass is 684 g/mol. The Kier molecular flexibility index (Phi) is 7.77. The van der Waals surface area contributed by atoms with Crippen molar-refractivity contribution in [2.75, 3.05) is 11.5 Å². The van der Waals surface area contributed by atoms with Gasteiger partial charge in [0.15, 0.2) is 5.11 Å². The van der Waals surface area contributed by atoms with Gasteiger partial charge in [-0.2, -0.15) is 0 Å².